The van der Waals surface area contributed by atoms with E-state index in [-0.39, 0.29) is 11.4 Å². The van der Waals surface area contributed by atoms with Crippen LogP contribution < -0.4 is 5.56 Å². The van der Waals surface area contributed by atoms with Crippen molar-refractivity contribution in [1.82, 2.24) is 9.97 Å². The van der Waals surface area contributed by atoms with Crippen molar-refractivity contribution in [2.24, 2.45) is 0 Å². The van der Waals surface area contributed by atoms with Gasteiger partial charge in [0.05, 0.1) is 28.7 Å². The molecule has 6 nitrogen and oxygen atoms in total. The number of methoxy groups -OCH3 is 1. The zero-order valence-corrected chi connectivity index (χ0v) is 19.3. The molecule has 35 heavy (non-hydrogen) atoms. The number of fused-ring (bicyclic) bond motifs is 1. The van der Waals surface area contributed by atoms with Gasteiger partial charge < -0.3 is 14.8 Å². The molecule has 4 aromatic carbocycles. The molecule has 0 saturated carbocycles. The Bertz CT molecular complexity index is 1650. The highest BCUT2D eigenvalue weighted by molar-refractivity contribution is 6.34. The summed E-state index contributed by atoms with van der Waals surface area (Å²) in [6.07, 6.45) is 0. The Labute approximate surface area is 205 Å². The Morgan fingerprint density at radius 2 is 1.66 bits per heavy atom. The topological polar surface area (TPSA) is 92.3 Å². The van der Waals surface area contributed by atoms with E-state index in [9.17, 15) is 14.7 Å². The fraction of sp³-hybridized carbons (Fsp3) is 0.0357. The largest absolute Gasteiger partial charge is 0.507 e. The average Bonchev–Trinajstić information content (AvgIpc) is 2.88. The highest BCUT2D eigenvalue weighted by atomic mass is 35.5. The van der Waals surface area contributed by atoms with Gasteiger partial charge in [0.1, 0.15) is 11.4 Å². The van der Waals surface area contributed by atoms with Gasteiger partial charge in [-0.15, -0.1) is 0 Å². The number of aromatic nitrogens is 2. The van der Waals surface area contributed by atoms with Crippen LogP contribution in [-0.2, 0) is 4.74 Å². The molecule has 0 radical (unpaired) electrons. The van der Waals surface area contributed by atoms with E-state index in [2.05, 4.69) is 9.97 Å². The van der Waals surface area contributed by atoms with Crippen LogP contribution in [0.5, 0.6) is 5.75 Å². The lowest BCUT2D eigenvalue weighted by molar-refractivity contribution is 0.0601. The lowest BCUT2D eigenvalue weighted by atomic mass is 9.98. The minimum atomic E-state index is -0.503. The number of aromatic hydroxyl groups is 1. The number of hydrogen-bond acceptors (Lipinski definition) is 5. The van der Waals surface area contributed by atoms with Gasteiger partial charge in [-0.3, -0.25) is 4.79 Å². The fourth-order valence-corrected chi connectivity index (χ4v) is 4.27. The van der Waals surface area contributed by atoms with E-state index in [1.54, 1.807) is 42.5 Å². The Hall–Kier alpha value is -4.42. The summed E-state index contributed by atoms with van der Waals surface area (Å²) in [6, 6.07) is 24.9. The molecule has 172 valence electrons. The molecule has 0 aliphatic heterocycles. The van der Waals surface area contributed by atoms with E-state index in [1.165, 1.54) is 7.11 Å². The normalized spacial score (nSPS) is 10.9. The van der Waals surface area contributed by atoms with Crippen molar-refractivity contribution in [2.75, 3.05) is 7.11 Å². The Morgan fingerprint density at radius 1 is 0.886 bits per heavy atom. The monoisotopic (exact) mass is 482 g/mol. The Morgan fingerprint density at radius 3 is 2.40 bits per heavy atom. The smallest absolute Gasteiger partial charge is 0.337 e. The standard InChI is InChI=1S/C28H19ClN2O4/c1-35-28(34)19-9-5-8-18(12-19)26-27(33)31-24-15-22(29)21(14-23(24)30-26)17-10-11-20(25(32)13-17)16-6-3-2-4-7-16/h2-15,32H,1H3,(H,31,33). The van der Waals surface area contributed by atoms with Crippen molar-refractivity contribution >= 4 is 28.6 Å². The number of phenols is 1. The van der Waals surface area contributed by atoms with Crippen molar-refractivity contribution in [3.63, 3.8) is 0 Å². The van der Waals surface area contributed by atoms with Gasteiger partial charge in [-0.05, 0) is 41.5 Å². The van der Waals surface area contributed by atoms with Gasteiger partial charge in [-0.2, -0.15) is 0 Å². The number of ether oxygens (including phenoxy) is 1. The first-order chi connectivity index (χ1) is 16.9. The number of phenolic OH excluding ortho intramolecular Hbond substituents is 1. The molecule has 1 aromatic heterocycles. The van der Waals surface area contributed by atoms with Crippen LogP contribution in [0.15, 0.2) is 89.7 Å². The van der Waals surface area contributed by atoms with Gasteiger partial charge in [0.25, 0.3) is 5.56 Å². The number of hydrogen-bond donors (Lipinski definition) is 2. The average molecular weight is 483 g/mol. The van der Waals surface area contributed by atoms with Crippen molar-refractivity contribution in [2.45, 2.75) is 0 Å². The molecule has 0 bridgehead atoms. The number of esters is 1. The maximum atomic E-state index is 12.8. The number of nitrogens with zero attached hydrogens (tertiary/aromatic N) is 1. The molecule has 5 rings (SSSR count). The Balaban J connectivity index is 1.61. The molecule has 0 fully saturated rings. The molecule has 0 aliphatic rings. The van der Waals surface area contributed by atoms with Gasteiger partial charge in [0.2, 0.25) is 0 Å². The maximum Gasteiger partial charge on any atom is 0.337 e. The number of benzene rings is 4. The Kier molecular flexibility index (Phi) is 5.81. The molecular weight excluding hydrogens is 464 g/mol. The van der Waals surface area contributed by atoms with Gasteiger partial charge in [-0.1, -0.05) is 66.2 Å². The minimum Gasteiger partial charge on any atom is -0.507 e. The summed E-state index contributed by atoms with van der Waals surface area (Å²) in [5, 5.41) is 11.1. The second kappa shape index (κ2) is 9.08. The lowest BCUT2D eigenvalue weighted by Gasteiger charge is -2.11. The predicted octanol–water partition coefficient (Wildman–Crippen LogP) is 6.07. The molecule has 0 spiro atoms. The number of aromatic amines is 1. The fourth-order valence-electron chi connectivity index (χ4n) is 4.00. The summed E-state index contributed by atoms with van der Waals surface area (Å²) in [5.74, 6) is -0.378. The number of carbonyl (C=O) groups is 1. The number of halogens is 1. The van der Waals surface area contributed by atoms with Crippen molar-refractivity contribution < 1.29 is 14.6 Å². The van der Waals surface area contributed by atoms with Crippen LogP contribution in [0.4, 0.5) is 0 Å². The van der Waals surface area contributed by atoms with Gasteiger partial charge >= 0.3 is 5.97 Å². The molecule has 0 saturated heterocycles. The SMILES string of the molecule is COC(=O)c1cccc(-c2nc3cc(-c4ccc(-c5ccccc5)c(O)c4)c(Cl)cc3[nH]c2=O)c1. The van der Waals surface area contributed by atoms with Crippen LogP contribution >= 0.6 is 11.6 Å². The van der Waals surface area contributed by atoms with Crippen LogP contribution in [0, 0.1) is 0 Å². The summed E-state index contributed by atoms with van der Waals surface area (Å²) in [5.41, 5.74) is 4.51. The molecule has 7 heteroatoms. The van der Waals surface area contributed by atoms with Crippen LogP contribution in [0.2, 0.25) is 5.02 Å². The third kappa shape index (κ3) is 4.27. The maximum absolute atomic E-state index is 12.8. The summed E-state index contributed by atoms with van der Waals surface area (Å²) < 4.78 is 4.77. The number of carbonyl (C=O) groups excluding carboxylic acids is 1. The summed E-state index contributed by atoms with van der Waals surface area (Å²) >= 11 is 6.54. The van der Waals surface area contributed by atoms with Gasteiger partial charge in [-0.25, -0.2) is 9.78 Å². The third-order valence-corrected chi connectivity index (χ3v) is 6.04. The van der Waals surface area contributed by atoms with Crippen LogP contribution in [-0.4, -0.2) is 28.2 Å². The quantitative estimate of drug-likeness (QED) is 0.303. The van der Waals surface area contributed by atoms with E-state index in [4.69, 9.17) is 16.3 Å². The zero-order valence-electron chi connectivity index (χ0n) is 18.6. The molecule has 5 aromatic rings. The highest BCUT2D eigenvalue weighted by Crippen LogP contribution is 2.37. The number of nitrogens with one attached hydrogen (secondary N) is 1. The van der Waals surface area contributed by atoms with Crippen LogP contribution in [0.1, 0.15) is 10.4 Å². The van der Waals surface area contributed by atoms with Crippen molar-refractivity contribution in [3.8, 4) is 39.3 Å². The molecule has 2 N–H and O–H groups in total. The lowest BCUT2D eigenvalue weighted by Crippen LogP contribution is -2.12. The highest BCUT2D eigenvalue weighted by Gasteiger charge is 2.15. The summed E-state index contributed by atoms with van der Waals surface area (Å²) in [7, 11) is 1.30. The summed E-state index contributed by atoms with van der Waals surface area (Å²) in [4.78, 5) is 32.1. The second-order valence-electron chi connectivity index (χ2n) is 7.93. The molecule has 0 unspecified atom stereocenters. The van der Waals surface area contributed by atoms with E-state index < -0.39 is 11.5 Å². The second-order valence-corrected chi connectivity index (χ2v) is 8.34. The molecule has 0 aliphatic carbocycles. The van der Waals surface area contributed by atoms with Crippen molar-refractivity contribution in [1.29, 1.82) is 0 Å². The number of H-pyrrole nitrogens is 1. The molecule has 1 heterocycles. The third-order valence-electron chi connectivity index (χ3n) is 5.73. The van der Waals surface area contributed by atoms with E-state index in [0.29, 0.717) is 43.9 Å². The van der Waals surface area contributed by atoms with E-state index >= 15 is 0 Å². The number of rotatable bonds is 4. The first-order valence-corrected chi connectivity index (χ1v) is 11.1. The molecule has 0 amide bonds. The minimum absolute atomic E-state index is 0.125. The molecule has 0 atom stereocenters. The predicted molar refractivity (Wildman–Crippen MR) is 137 cm³/mol. The zero-order chi connectivity index (χ0) is 24.5. The van der Waals surface area contributed by atoms with Gasteiger partial charge in [0, 0.05) is 16.7 Å². The van der Waals surface area contributed by atoms with Crippen molar-refractivity contribution in [3.05, 3.63) is 106 Å². The first kappa shape index (κ1) is 22.4. The van der Waals surface area contributed by atoms with E-state index in [0.717, 1.165) is 5.56 Å². The van der Waals surface area contributed by atoms with Crippen LogP contribution in [0.25, 0.3) is 44.5 Å². The summed E-state index contributed by atoms with van der Waals surface area (Å²) in [6.45, 7) is 0. The first-order valence-electron chi connectivity index (χ1n) is 10.8. The molecular formula is C28H19ClN2O4. The van der Waals surface area contributed by atoms with Crippen LogP contribution in [0.3, 0.4) is 0 Å². The van der Waals surface area contributed by atoms with Gasteiger partial charge in [0.15, 0.2) is 0 Å². The van der Waals surface area contributed by atoms with E-state index in [1.807, 2.05) is 42.5 Å².